The molecule has 0 saturated carbocycles. The Bertz CT molecular complexity index is 507. The van der Waals surface area contributed by atoms with Crippen molar-refractivity contribution < 1.29 is 14.3 Å². The van der Waals surface area contributed by atoms with E-state index < -0.39 is 5.97 Å². The molecule has 1 N–H and O–H groups in total. The molecule has 0 aliphatic carbocycles. The first-order valence-corrected chi connectivity index (χ1v) is 6.03. The van der Waals surface area contributed by atoms with Gasteiger partial charge in [-0.15, -0.1) is 0 Å². The van der Waals surface area contributed by atoms with E-state index in [0.29, 0.717) is 9.56 Å². The largest absolute Gasteiger partial charge is 0.475 e. The average molecular weight is 299 g/mol. The van der Waals surface area contributed by atoms with Crippen molar-refractivity contribution in [2.45, 2.75) is 9.99 Å². The SMILES string of the molecule is O=C(O)c1oc(Sc2ccccc2)cc1Br. The van der Waals surface area contributed by atoms with Crippen LogP contribution in [0.4, 0.5) is 0 Å². The van der Waals surface area contributed by atoms with Gasteiger partial charge in [0.15, 0.2) is 5.09 Å². The molecule has 1 heterocycles. The van der Waals surface area contributed by atoms with Gasteiger partial charge in [0.25, 0.3) is 0 Å². The third-order valence-corrected chi connectivity index (χ3v) is 3.32. The minimum Gasteiger partial charge on any atom is -0.475 e. The maximum atomic E-state index is 10.8. The van der Waals surface area contributed by atoms with Gasteiger partial charge in [-0.2, -0.15) is 0 Å². The van der Waals surface area contributed by atoms with Crippen LogP contribution in [0.5, 0.6) is 0 Å². The predicted octanol–water partition coefficient (Wildman–Crippen LogP) is 3.89. The molecule has 0 bridgehead atoms. The summed E-state index contributed by atoms with van der Waals surface area (Å²) in [4.78, 5) is 11.8. The molecule has 1 aromatic heterocycles. The number of carbonyl (C=O) groups is 1. The first-order chi connectivity index (χ1) is 7.66. The van der Waals surface area contributed by atoms with Crippen LogP contribution in [0.2, 0.25) is 0 Å². The Morgan fingerprint density at radius 3 is 2.56 bits per heavy atom. The highest BCUT2D eigenvalue weighted by Crippen LogP contribution is 2.33. The Hall–Kier alpha value is -1.20. The molecule has 1 aromatic carbocycles. The van der Waals surface area contributed by atoms with E-state index in [4.69, 9.17) is 9.52 Å². The Morgan fingerprint density at radius 2 is 2.00 bits per heavy atom. The lowest BCUT2D eigenvalue weighted by Crippen LogP contribution is -1.93. The zero-order chi connectivity index (χ0) is 11.5. The van der Waals surface area contributed by atoms with Gasteiger partial charge >= 0.3 is 5.97 Å². The second kappa shape index (κ2) is 4.76. The molecule has 0 aliphatic rings. The fourth-order valence-electron chi connectivity index (χ4n) is 1.15. The number of benzene rings is 1. The highest BCUT2D eigenvalue weighted by molar-refractivity contribution is 9.10. The van der Waals surface area contributed by atoms with Gasteiger partial charge in [-0.05, 0) is 28.1 Å². The van der Waals surface area contributed by atoms with Crippen molar-refractivity contribution >= 4 is 33.7 Å². The fraction of sp³-hybridized carbons (Fsp3) is 0. The second-order valence-electron chi connectivity index (χ2n) is 2.96. The molecule has 3 nitrogen and oxygen atoms in total. The van der Waals surface area contributed by atoms with E-state index >= 15 is 0 Å². The first-order valence-electron chi connectivity index (χ1n) is 4.42. The molecular weight excluding hydrogens is 292 g/mol. The fourth-order valence-corrected chi connectivity index (χ4v) is 2.59. The number of rotatable bonds is 3. The molecule has 0 amide bonds. The lowest BCUT2D eigenvalue weighted by Gasteiger charge is -1.95. The second-order valence-corrected chi connectivity index (χ2v) is 4.89. The van der Waals surface area contributed by atoms with Gasteiger partial charge in [0.1, 0.15) is 0 Å². The van der Waals surface area contributed by atoms with Crippen LogP contribution in [0.1, 0.15) is 10.6 Å². The lowest BCUT2D eigenvalue weighted by atomic mass is 10.4. The minimum atomic E-state index is -1.08. The summed E-state index contributed by atoms with van der Waals surface area (Å²) < 4.78 is 5.65. The molecular formula is C11H7BrO3S. The highest BCUT2D eigenvalue weighted by Gasteiger charge is 2.16. The predicted molar refractivity (Wildman–Crippen MR) is 63.9 cm³/mol. The number of hydrogen-bond donors (Lipinski definition) is 1. The van der Waals surface area contributed by atoms with Crippen molar-refractivity contribution in [2.75, 3.05) is 0 Å². The van der Waals surface area contributed by atoms with Crippen molar-refractivity contribution in [3.63, 3.8) is 0 Å². The summed E-state index contributed by atoms with van der Waals surface area (Å²) in [6.45, 7) is 0. The number of carboxylic acid groups (broad SMARTS) is 1. The van der Waals surface area contributed by atoms with E-state index in [1.54, 1.807) is 6.07 Å². The van der Waals surface area contributed by atoms with E-state index in [-0.39, 0.29) is 5.76 Å². The summed E-state index contributed by atoms with van der Waals surface area (Å²) in [7, 11) is 0. The zero-order valence-electron chi connectivity index (χ0n) is 8.01. The summed E-state index contributed by atoms with van der Waals surface area (Å²) in [6, 6.07) is 11.3. The standard InChI is InChI=1S/C11H7BrO3S/c12-8-6-9(15-10(8)11(13)14)16-7-4-2-1-3-5-7/h1-6H,(H,13,14). The topological polar surface area (TPSA) is 50.4 Å². The van der Waals surface area contributed by atoms with Crippen LogP contribution in [0.25, 0.3) is 0 Å². The van der Waals surface area contributed by atoms with Gasteiger partial charge in [0.05, 0.1) is 4.47 Å². The van der Waals surface area contributed by atoms with Crippen molar-refractivity contribution in [1.29, 1.82) is 0 Å². The molecule has 82 valence electrons. The summed E-state index contributed by atoms with van der Waals surface area (Å²) in [5, 5.41) is 9.36. The molecule has 2 rings (SSSR count). The summed E-state index contributed by atoms with van der Waals surface area (Å²) in [5.41, 5.74) is 0. The molecule has 5 heteroatoms. The van der Waals surface area contributed by atoms with Crippen molar-refractivity contribution in [2.24, 2.45) is 0 Å². The third kappa shape index (κ3) is 2.48. The van der Waals surface area contributed by atoms with Gasteiger partial charge < -0.3 is 9.52 Å². The van der Waals surface area contributed by atoms with Crippen LogP contribution >= 0.6 is 27.7 Å². The van der Waals surface area contributed by atoms with E-state index in [0.717, 1.165) is 4.90 Å². The quantitative estimate of drug-likeness (QED) is 0.934. The van der Waals surface area contributed by atoms with Crippen molar-refractivity contribution in [3.05, 3.63) is 46.6 Å². The molecule has 0 unspecified atom stereocenters. The first kappa shape index (κ1) is 11.3. The van der Waals surface area contributed by atoms with Gasteiger partial charge in [0.2, 0.25) is 5.76 Å². The van der Waals surface area contributed by atoms with Gasteiger partial charge in [-0.3, -0.25) is 0 Å². The third-order valence-electron chi connectivity index (χ3n) is 1.82. The maximum absolute atomic E-state index is 10.8. The van der Waals surface area contributed by atoms with Crippen LogP contribution < -0.4 is 0 Å². The highest BCUT2D eigenvalue weighted by atomic mass is 79.9. The summed E-state index contributed by atoms with van der Waals surface area (Å²) in [6.07, 6.45) is 0. The maximum Gasteiger partial charge on any atom is 0.373 e. The van der Waals surface area contributed by atoms with Crippen LogP contribution in [0.15, 0.2) is 55.3 Å². The van der Waals surface area contributed by atoms with E-state index in [1.165, 1.54) is 11.8 Å². The van der Waals surface area contributed by atoms with Crippen molar-refractivity contribution in [3.8, 4) is 0 Å². The molecule has 0 atom stereocenters. The summed E-state index contributed by atoms with van der Waals surface area (Å²) in [5.74, 6) is -1.15. The Morgan fingerprint density at radius 1 is 1.31 bits per heavy atom. The van der Waals surface area contributed by atoms with E-state index in [1.807, 2.05) is 30.3 Å². The number of aromatic carboxylic acids is 1. The molecule has 0 aliphatic heterocycles. The number of hydrogen-bond acceptors (Lipinski definition) is 3. The molecule has 0 saturated heterocycles. The van der Waals surface area contributed by atoms with Crippen LogP contribution in [-0.2, 0) is 0 Å². The molecule has 0 radical (unpaired) electrons. The number of furan rings is 1. The van der Waals surface area contributed by atoms with Crippen molar-refractivity contribution in [1.82, 2.24) is 0 Å². The molecule has 0 spiro atoms. The normalized spacial score (nSPS) is 10.3. The minimum absolute atomic E-state index is 0.0709. The monoisotopic (exact) mass is 298 g/mol. The number of halogens is 1. The van der Waals surface area contributed by atoms with Gasteiger partial charge in [-0.25, -0.2) is 4.79 Å². The van der Waals surface area contributed by atoms with Gasteiger partial charge in [0, 0.05) is 11.0 Å². The molecule has 2 aromatic rings. The number of carboxylic acids is 1. The molecule has 0 fully saturated rings. The van der Waals surface area contributed by atoms with E-state index in [9.17, 15) is 4.79 Å². The smallest absolute Gasteiger partial charge is 0.373 e. The lowest BCUT2D eigenvalue weighted by molar-refractivity contribution is 0.0655. The van der Waals surface area contributed by atoms with Crippen LogP contribution in [-0.4, -0.2) is 11.1 Å². The Balaban J connectivity index is 2.23. The molecule has 16 heavy (non-hydrogen) atoms. The van der Waals surface area contributed by atoms with Gasteiger partial charge in [-0.1, -0.05) is 30.0 Å². The Kier molecular flexibility index (Phi) is 3.36. The summed E-state index contributed by atoms with van der Waals surface area (Å²) >= 11 is 4.52. The average Bonchev–Trinajstić information content (AvgIpc) is 2.61. The van der Waals surface area contributed by atoms with Crippen LogP contribution in [0, 0.1) is 0 Å². The Labute approximate surface area is 105 Å². The zero-order valence-corrected chi connectivity index (χ0v) is 10.4. The van der Waals surface area contributed by atoms with Crippen LogP contribution in [0.3, 0.4) is 0 Å². The van der Waals surface area contributed by atoms with E-state index in [2.05, 4.69) is 15.9 Å².